The monoisotopic (exact) mass is 500 g/mol. The van der Waals surface area contributed by atoms with E-state index in [4.69, 9.17) is 4.74 Å². The maximum absolute atomic E-state index is 13.4. The van der Waals surface area contributed by atoms with Crippen LogP contribution in [0.15, 0.2) is 53.4 Å². The van der Waals surface area contributed by atoms with Crippen LogP contribution in [0.2, 0.25) is 0 Å². The number of hydrogen-bond acceptors (Lipinski definition) is 7. The van der Waals surface area contributed by atoms with Crippen molar-refractivity contribution < 1.29 is 28.0 Å². The van der Waals surface area contributed by atoms with E-state index in [0.29, 0.717) is 36.9 Å². The molecule has 2 aliphatic rings. The first-order valence-corrected chi connectivity index (χ1v) is 13.8. The van der Waals surface area contributed by atoms with Crippen LogP contribution >= 0.6 is 0 Å². The Morgan fingerprint density at radius 3 is 2.60 bits per heavy atom. The highest BCUT2D eigenvalue weighted by Gasteiger charge is 2.34. The second-order valence-corrected chi connectivity index (χ2v) is 11.7. The Hall–Kier alpha value is -2.56. The van der Waals surface area contributed by atoms with E-state index in [-0.39, 0.29) is 11.3 Å². The highest BCUT2D eigenvalue weighted by Crippen LogP contribution is 2.34. The van der Waals surface area contributed by atoms with E-state index >= 15 is 0 Å². The van der Waals surface area contributed by atoms with Gasteiger partial charge in [-0.2, -0.15) is 0 Å². The number of nitrogens with zero attached hydrogens (tertiary/aromatic N) is 1. The summed E-state index contributed by atoms with van der Waals surface area (Å²) in [4.78, 5) is 15.4. The Morgan fingerprint density at radius 1 is 1.20 bits per heavy atom. The molecule has 0 aromatic heterocycles. The van der Waals surface area contributed by atoms with Crippen LogP contribution in [0.5, 0.6) is 5.75 Å². The van der Waals surface area contributed by atoms with Crippen molar-refractivity contribution in [3.63, 3.8) is 0 Å². The minimum absolute atomic E-state index is 0.132. The summed E-state index contributed by atoms with van der Waals surface area (Å²) in [5.74, 6) is -1.64. The summed E-state index contributed by atoms with van der Waals surface area (Å²) in [6.45, 7) is 1.19. The molecule has 0 unspecified atom stereocenters. The third-order valence-electron chi connectivity index (χ3n) is 7.00. The zero-order valence-electron chi connectivity index (χ0n) is 20.0. The van der Waals surface area contributed by atoms with Gasteiger partial charge in [-0.1, -0.05) is 49.6 Å². The van der Waals surface area contributed by atoms with Gasteiger partial charge in [0.25, 0.3) is 0 Å². The third-order valence-corrected chi connectivity index (χ3v) is 8.81. The van der Waals surface area contributed by atoms with Crippen molar-refractivity contribution >= 4 is 28.6 Å². The summed E-state index contributed by atoms with van der Waals surface area (Å²) in [6.07, 6.45) is 3.78. The van der Waals surface area contributed by atoms with Crippen molar-refractivity contribution in [3.8, 4) is 5.75 Å². The fourth-order valence-electron chi connectivity index (χ4n) is 4.65. The van der Waals surface area contributed by atoms with Gasteiger partial charge in [0.2, 0.25) is 5.91 Å². The van der Waals surface area contributed by atoms with E-state index in [1.165, 1.54) is 6.07 Å². The molecular formula is C25H33BN2O6S. The van der Waals surface area contributed by atoms with Gasteiger partial charge in [0.15, 0.2) is 9.84 Å². The molecule has 8 nitrogen and oxygen atoms in total. The smallest absolute Gasteiger partial charge is 0.475 e. The normalized spacial score (nSPS) is 17.5. The molecule has 0 spiro atoms. The van der Waals surface area contributed by atoms with Crippen LogP contribution in [0.4, 0.5) is 5.69 Å². The lowest BCUT2D eigenvalue weighted by Gasteiger charge is -2.30. The van der Waals surface area contributed by atoms with E-state index < -0.39 is 40.5 Å². The van der Waals surface area contributed by atoms with Crippen LogP contribution in [0.1, 0.15) is 31.2 Å². The number of rotatable bonds is 10. The van der Waals surface area contributed by atoms with Gasteiger partial charge in [-0.15, -0.1) is 0 Å². The zero-order chi connectivity index (χ0) is 25.0. The number of fused-ring (bicyclic) bond motifs is 1. The summed E-state index contributed by atoms with van der Waals surface area (Å²) in [5.41, 5.74) is 1.53. The highest BCUT2D eigenvalue weighted by molar-refractivity contribution is 7.91. The number of ether oxygens (including phenoxy) is 1. The van der Waals surface area contributed by atoms with Gasteiger partial charge in [-0.3, -0.25) is 4.79 Å². The molecule has 10 heteroatoms. The molecule has 1 fully saturated rings. The van der Waals surface area contributed by atoms with E-state index in [9.17, 15) is 23.3 Å². The Bertz CT molecular complexity index is 1120. The van der Waals surface area contributed by atoms with E-state index in [1.54, 1.807) is 12.1 Å². The van der Waals surface area contributed by atoms with E-state index in [1.807, 2.05) is 42.3 Å². The molecule has 1 amide bonds. The minimum atomic E-state index is -3.82. The average Bonchev–Trinajstić information content (AvgIpc) is 2.80. The average molecular weight is 500 g/mol. The van der Waals surface area contributed by atoms with E-state index in [0.717, 1.165) is 24.8 Å². The van der Waals surface area contributed by atoms with Crippen molar-refractivity contribution in [2.24, 2.45) is 11.8 Å². The number of nitrogens with one attached hydrogen (secondary N) is 1. The molecule has 0 bridgehead atoms. The molecule has 35 heavy (non-hydrogen) atoms. The third kappa shape index (κ3) is 6.37. The van der Waals surface area contributed by atoms with E-state index in [2.05, 4.69) is 5.32 Å². The van der Waals surface area contributed by atoms with Crippen LogP contribution in [0.3, 0.4) is 0 Å². The zero-order valence-corrected chi connectivity index (χ0v) is 20.8. The lowest BCUT2D eigenvalue weighted by Crippen LogP contribution is -2.50. The molecule has 1 aliphatic heterocycles. The van der Waals surface area contributed by atoms with Crippen molar-refractivity contribution in [2.45, 2.75) is 42.9 Å². The number of hydrogen-bond donors (Lipinski definition) is 3. The second-order valence-electron chi connectivity index (χ2n) is 9.63. The summed E-state index contributed by atoms with van der Waals surface area (Å²) >= 11 is 0. The molecule has 1 heterocycles. The number of anilines is 1. The Balaban J connectivity index is 1.56. The lowest BCUT2D eigenvalue weighted by molar-refractivity contribution is -0.124. The van der Waals surface area contributed by atoms with Gasteiger partial charge >= 0.3 is 7.12 Å². The molecule has 1 saturated carbocycles. The maximum Gasteiger partial charge on any atom is 0.475 e. The van der Waals surface area contributed by atoms with Gasteiger partial charge in [0, 0.05) is 7.05 Å². The first-order chi connectivity index (χ1) is 16.7. The van der Waals surface area contributed by atoms with Crippen LogP contribution in [0.25, 0.3) is 0 Å². The first kappa shape index (κ1) is 25.5. The molecule has 2 aromatic rings. The number of benzene rings is 2. The van der Waals surface area contributed by atoms with Crippen LogP contribution in [0, 0.1) is 11.8 Å². The quantitative estimate of drug-likeness (QED) is 0.427. The van der Waals surface area contributed by atoms with Crippen molar-refractivity contribution in [1.82, 2.24) is 5.32 Å². The molecule has 188 valence electrons. The number of carbonyl (C=O) groups excluding carboxylic acids is 1. The molecule has 0 radical (unpaired) electrons. The van der Waals surface area contributed by atoms with Gasteiger partial charge in [0.05, 0.1) is 34.7 Å². The predicted octanol–water partition coefficient (Wildman–Crippen LogP) is 1.83. The molecule has 0 saturated heterocycles. The van der Waals surface area contributed by atoms with Crippen LogP contribution < -0.4 is 15.0 Å². The second kappa shape index (κ2) is 11.0. The van der Waals surface area contributed by atoms with Gasteiger partial charge in [-0.25, -0.2) is 8.42 Å². The number of sulfone groups is 1. The van der Waals surface area contributed by atoms with Gasteiger partial charge in [-0.05, 0) is 42.5 Å². The first-order valence-electron chi connectivity index (χ1n) is 12.1. The van der Waals surface area contributed by atoms with Gasteiger partial charge < -0.3 is 25.0 Å². The Labute approximate surface area is 207 Å². The maximum atomic E-state index is 13.4. The Morgan fingerprint density at radius 2 is 1.94 bits per heavy atom. The fourth-order valence-corrected chi connectivity index (χ4v) is 6.21. The molecule has 2 atom stereocenters. The summed E-state index contributed by atoms with van der Waals surface area (Å²) < 4.78 is 32.5. The SMILES string of the molecule is CN1CCOc2ccc(S(=O)(=O)C[C@@H](Cc3ccccc3)C(=O)N[C@@H](CC3CCC3)B(O)O)cc21. The molecular weight excluding hydrogens is 467 g/mol. The topological polar surface area (TPSA) is 116 Å². The number of amides is 1. The van der Waals surface area contributed by atoms with Crippen molar-refractivity contribution in [1.29, 1.82) is 0 Å². The lowest BCUT2D eigenvalue weighted by atomic mass is 9.69. The Kier molecular flexibility index (Phi) is 8.03. The number of likely N-dealkylation sites (N-methyl/N-ethyl adjacent to an activating group) is 1. The molecule has 1 aliphatic carbocycles. The predicted molar refractivity (Wildman–Crippen MR) is 135 cm³/mol. The highest BCUT2D eigenvalue weighted by atomic mass is 32.2. The van der Waals surface area contributed by atoms with Crippen molar-refractivity contribution in [2.75, 3.05) is 30.9 Å². The molecule has 4 rings (SSSR count). The summed E-state index contributed by atoms with van der Waals surface area (Å²) in [6, 6.07) is 14.0. The minimum Gasteiger partial charge on any atom is -0.490 e. The molecule has 2 aromatic carbocycles. The van der Waals surface area contributed by atoms with Gasteiger partial charge in [0.1, 0.15) is 12.4 Å². The largest absolute Gasteiger partial charge is 0.490 e. The van der Waals surface area contributed by atoms with Crippen molar-refractivity contribution in [3.05, 3.63) is 54.1 Å². The fraction of sp³-hybridized carbons (Fsp3) is 0.480. The van der Waals surface area contributed by atoms with Crippen LogP contribution in [-0.4, -0.2) is 63.4 Å². The van der Waals surface area contributed by atoms with Crippen LogP contribution in [-0.2, 0) is 21.1 Å². The number of carbonyl (C=O) groups is 1. The summed E-state index contributed by atoms with van der Waals surface area (Å²) in [5, 5.41) is 22.4. The molecule has 3 N–H and O–H groups in total. The summed E-state index contributed by atoms with van der Waals surface area (Å²) in [7, 11) is -3.65. The standard InChI is InChI=1S/C25H33BN2O6S/c1-28-12-13-34-23-11-10-21(16-22(23)28)35(32,33)17-20(14-18-6-3-2-4-7-18)25(29)27-24(26(30)31)15-19-8-5-9-19/h2-4,6-7,10-11,16,19-20,24,30-31H,5,8-9,12-15,17H2,1H3,(H,27,29)/t20-,24+/m1/s1.